The van der Waals surface area contributed by atoms with E-state index in [2.05, 4.69) is 0 Å². The normalized spacial score (nSPS) is 17.2. The topological polar surface area (TPSA) is 55.8 Å². The van der Waals surface area contributed by atoms with E-state index in [9.17, 15) is 9.59 Å². The molecule has 0 atom stereocenters. The van der Waals surface area contributed by atoms with Crippen LogP contribution in [0.1, 0.15) is 37.7 Å². The maximum Gasteiger partial charge on any atom is 0.263 e. The third-order valence-electron chi connectivity index (χ3n) is 4.93. The average molecular weight is 371 g/mol. The highest BCUT2D eigenvalue weighted by Gasteiger charge is 2.29. The quantitative estimate of drug-likeness (QED) is 0.774. The monoisotopic (exact) mass is 371 g/mol. The SMILES string of the molecule is Cc1ccc(C(=O)N2CCC(C(=O)c3ccc4c(c3)OCCO4)CC2)s1. The lowest BCUT2D eigenvalue weighted by Gasteiger charge is -2.31. The lowest BCUT2D eigenvalue weighted by Crippen LogP contribution is -2.40. The van der Waals surface area contributed by atoms with Gasteiger partial charge in [0.15, 0.2) is 17.3 Å². The second-order valence-electron chi connectivity index (χ2n) is 6.70. The van der Waals surface area contributed by atoms with Gasteiger partial charge in [0.05, 0.1) is 4.88 Å². The first-order chi connectivity index (χ1) is 12.6. The minimum Gasteiger partial charge on any atom is -0.486 e. The fraction of sp³-hybridized carbons (Fsp3) is 0.400. The summed E-state index contributed by atoms with van der Waals surface area (Å²) in [6, 6.07) is 9.24. The van der Waals surface area contributed by atoms with Crippen LogP contribution in [0.3, 0.4) is 0 Å². The summed E-state index contributed by atoms with van der Waals surface area (Å²) in [5.41, 5.74) is 0.660. The molecule has 5 nitrogen and oxygen atoms in total. The van der Waals surface area contributed by atoms with Gasteiger partial charge in [-0.1, -0.05) is 0 Å². The molecule has 0 spiro atoms. The van der Waals surface area contributed by atoms with Gasteiger partial charge in [-0.05, 0) is 50.1 Å². The Kier molecular flexibility index (Phi) is 4.68. The number of hydrogen-bond acceptors (Lipinski definition) is 5. The second-order valence-corrected chi connectivity index (χ2v) is 7.99. The van der Waals surface area contributed by atoms with E-state index in [0.29, 0.717) is 56.2 Å². The maximum absolute atomic E-state index is 12.8. The zero-order chi connectivity index (χ0) is 18.1. The molecule has 1 aromatic carbocycles. The molecular formula is C20H21NO4S. The number of ether oxygens (including phenoxy) is 2. The largest absolute Gasteiger partial charge is 0.486 e. The predicted octanol–water partition coefficient (Wildman–Crippen LogP) is 3.56. The minimum absolute atomic E-state index is 0.0494. The summed E-state index contributed by atoms with van der Waals surface area (Å²) in [6.45, 7) is 4.29. The highest BCUT2D eigenvalue weighted by atomic mass is 32.1. The van der Waals surface area contributed by atoms with Crippen LogP contribution in [-0.4, -0.2) is 42.9 Å². The van der Waals surface area contributed by atoms with E-state index in [1.165, 1.54) is 11.3 Å². The Morgan fingerprint density at radius 2 is 1.77 bits per heavy atom. The number of carbonyl (C=O) groups is 2. The van der Waals surface area contributed by atoms with Gasteiger partial charge in [-0.25, -0.2) is 0 Å². The number of aryl methyl sites for hydroxylation is 1. The molecule has 0 unspecified atom stereocenters. The van der Waals surface area contributed by atoms with Crippen LogP contribution in [0.15, 0.2) is 30.3 Å². The molecule has 3 heterocycles. The molecular weight excluding hydrogens is 350 g/mol. The summed E-state index contributed by atoms with van der Waals surface area (Å²) in [7, 11) is 0. The molecule has 2 aliphatic rings. The molecule has 1 aromatic heterocycles. The Morgan fingerprint density at radius 1 is 1.04 bits per heavy atom. The first kappa shape index (κ1) is 17.1. The molecule has 4 rings (SSSR count). The molecule has 2 aromatic rings. The average Bonchev–Trinajstić information content (AvgIpc) is 3.13. The van der Waals surface area contributed by atoms with E-state index in [0.717, 1.165) is 9.75 Å². The molecule has 1 fully saturated rings. The van der Waals surface area contributed by atoms with Gasteiger partial charge in [-0.2, -0.15) is 0 Å². The van der Waals surface area contributed by atoms with E-state index in [-0.39, 0.29) is 17.6 Å². The molecule has 6 heteroatoms. The number of benzene rings is 1. The molecule has 0 N–H and O–H groups in total. The van der Waals surface area contributed by atoms with Gasteiger partial charge >= 0.3 is 0 Å². The number of nitrogens with zero attached hydrogens (tertiary/aromatic N) is 1. The summed E-state index contributed by atoms with van der Waals surface area (Å²) in [4.78, 5) is 29.2. The van der Waals surface area contributed by atoms with Gasteiger partial charge in [0.1, 0.15) is 13.2 Å². The van der Waals surface area contributed by atoms with Gasteiger partial charge in [0.25, 0.3) is 5.91 Å². The molecule has 0 saturated carbocycles. The van der Waals surface area contributed by atoms with Crippen LogP contribution < -0.4 is 9.47 Å². The molecule has 26 heavy (non-hydrogen) atoms. The van der Waals surface area contributed by atoms with Crippen LogP contribution in [0.4, 0.5) is 0 Å². The number of ketones is 1. The summed E-state index contributed by atoms with van der Waals surface area (Å²) in [6.07, 6.45) is 1.40. The van der Waals surface area contributed by atoms with Gasteiger partial charge in [0.2, 0.25) is 0 Å². The van der Waals surface area contributed by atoms with E-state index >= 15 is 0 Å². The van der Waals surface area contributed by atoms with E-state index in [1.807, 2.05) is 30.0 Å². The number of likely N-dealkylation sites (tertiary alicyclic amines) is 1. The Bertz CT molecular complexity index is 836. The summed E-state index contributed by atoms with van der Waals surface area (Å²) in [5, 5.41) is 0. The van der Waals surface area contributed by atoms with E-state index in [4.69, 9.17) is 9.47 Å². The first-order valence-corrected chi connectivity index (χ1v) is 9.73. The van der Waals surface area contributed by atoms with Crippen molar-refractivity contribution in [1.29, 1.82) is 0 Å². The van der Waals surface area contributed by atoms with E-state index in [1.54, 1.807) is 12.1 Å². The number of piperidine rings is 1. The van der Waals surface area contributed by atoms with Crippen molar-refractivity contribution < 1.29 is 19.1 Å². The van der Waals surface area contributed by atoms with Crippen molar-refractivity contribution in [2.45, 2.75) is 19.8 Å². The number of thiophene rings is 1. The van der Waals surface area contributed by atoms with Gasteiger partial charge in [0, 0.05) is 29.4 Å². The van der Waals surface area contributed by atoms with Gasteiger partial charge in [-0.3, -0.25) is 9.59 Å². The first-order valence-electron chi connectivity index (χ1n) is 8.91. The zero-order valence-electron chi connectivity index (χ0n) is 14.7. The maximum atomic E-state index is 12.8. The molecule has 2 aliphatic heterocycles. The van der Waals surface area contributed by atoms with Crippen molar-refractivity contribution >= 4 is 23.0 Å². The number of hydrogen-bond donors (Lipinski definition) is 0. The molecule has 0 bridgehead atoms. The number of carbonyl (C=O) groups excluding carboxylic acids is 2. The summed E-state index contributed by atoms with van der Waals surface area (Å²) < 4.78 is 11.1. The number of rotatable bonds is 3. The molecule has 0 aliphatic carbocycles. The van der Waals surface area contributed by atoms with Crippen LogP contribution in [0.5, 0.6) is 11.5 Å². The second kappa shape index (κ2) is 7.11. The van der Waals surface area contributed by atoms with E-state index < -0.39 is 0 Å². The minimum atomic E-state index is -0.0494. The standard InChI is InChI=1S/C20H21NO4S/c1-13-2-5-18(26-13)20(23)21-8-6-14(7-9-21)19(22)15-3-4-16-17(12-15)25-11-10-24-16/h2-5,12,14H,6-11H2,1H3. The highest BCUT2D eigenvalue weighted by Crippen LogP contribution is 2.32. The van der Waals surface area contributed by atoms with Crippen molar-refractivity contribution in [2.75, 3.05) is 26.3 Å². The third kappa shape index (κ3) is 3.33. The lowest BCUT2D eigenvalue weighted by molar-refractivity contribution is 0.0654. The Balaban J connectivity index is 1.40. The van der Waals surface area contributed by atoms with Gasteiger partial charge in [-0.15, -0.1) is 11.3 Å². The van der Waals surface area contributed by atoms with Crippen molar-refractivity contribution in [3.63, 3.8) is 0 Å². The van der Waals surface area contributed by atoms with Crippen LogP contribution in [0.25, 0.3) is 0 Å². The Hall–Kier alpha value is -2.34. The Morgan fingerprint density at radius 3 is 2.46 bits per heavy atom. The fourth-order valence-corrected chi connectivity index (χ4v) is 4.32. The van der Waals surface area contributed by atoms with Gasteiger partial charge < -0.3 is 14.4 Å². The predicted molar refractivity (Wildman–Crippen MR) is 99.4 cm³/mol. The number of Topliss-reactive ketones (excluding diaryl/α,β-unsaturated/α-hetero) is 1. The van der Waals surface area contributed by atoms with Crippen molar-refractivity contribution in [1.82, 2.24) is 4.90 Å². The highest BCUT2D eigenvalue weighted by molar-refractivity contribution is 7.13. The summed E-state index contributed by atoms with van der Waals surface area (Å²) in [5.74, 6) is 1.49. The number of fused-ring (bicyclic) bond motifs is 1. The van der Waals surface area contributed by atoms with Crippen molar-refractivity contribution in [3.8, 4) is 11.5 Å². The lowest BCUT2D eigenvalue weighted by atomic mass is 9.88. The summed E-state index contributed by atoms with van der Waals surface area (Å²) >= 11 is 1.52. The van der Waals surface area contributed by atoms with Crippen LogP contribution in [0.2, 0.25) is 0 Å². The zero-order valence-corrected chi connectivity index (χ0v) is 15.5. The van der Waals surface area contributed by atoms with Crippen molar-refractivity contribution in [2.24, 2.45) is 5.92 Å². The van der Waals surface area contributed by atoms with Crippen LogP contribution in [0, 0.1) is 12.8 Å². The molecule has 136 valence electrons. The van der Waals surface area contributed by atoms with Crippen LogP contribution >= 0.6 is 11.3 Å². The Labute approximate surface area is 156 Å². The molecule has 1 amide bonds. The third-order valence-corrected chi connectivity index (χ3v) is 5.92. The fourth-order valence-electron chi connectivity index (χ4n) is 3.48. The number of amides is 1. The molecule has 0 radical (unpaired) electrons. The van der Waals surface area contributed by atoms with Crippen molar-refractivity contribution in [3.05, 3.63) is 45.6 Å². The molecule has 1 saturated heterocycles. The smallest absolute Gasteiger partial charge is 0.263 e. The van der Waals surface area contributed by atoms with Crippen LogP contribution in [-0.2, 0) is 0 Å².